The molecule has 1 N–H and O–H groups in total. The van der Waals surface area contributed by atoms with Gasteiger partial charge in [0.05, 0.1) is 18.4 Å². The summed E-state index contributed by atoms with van der Waals surface area (Å²) >= 11 is 0. The number of aliphatic hydroxyl groups excluding tert-OH is 1. The highest BCUT2D eigenvalue weighted by Gasteiger charge is 2.46. The molecule has 7 nitrogen and oxygen atoms in total. The van der Waals surface area contributed by atoms with Crippen LogP contribution in [0.15, 0.2) is 11.6 Å². The summed E-state index contributed by atoms with van der Waals surface area (Å²) in [5.74, 6) is -0.405. The van der Waals surface area contributed by atoms with E-state index in [1.165, 1.54) is 6.92 Å². The molecule has 0 amide bonds. The lowest BCUT2D eigenvalue weighted by Crippen LogP contribution is -2.47. The maximum absolute atomic E-state index is 12.7. The van der Waals surface area contributed by atoms with Gasteiger partial charge in [-0.05, 0) is 55.4 Å². The van der Waals surface area contributed by atoms with Gasteiger partial charge in [0.25, 0.3) is 0 Å². The number of aliphatic hydroxyl groups is 1. The Labute approximate surface area is 197 Å². The molecule has 33 heavy (non-hydrogen) atoms. The molecule has 3 rings (SSSR count). The average Bonchev–Trinajstić information content (AvgIpc) is 2.72. The molecule has 2 fully saturated rings. The van der Waals surface area contributed by atoms with Crippen molar-refractivity contribution in [1.29, 1.82) is 0 Å². The van der Waals surface area contributed by atoms with E-state index >= 15 is 0 Å². The second-order valence-corrected chi connectivity index (χ2v) is 10.4. The Hall–Kier alpha value is -1.89. The van der Waals surface area contributed by atoms with Gasteiger partial charge in [0, 0.05) is 19.3 Å². The number of ether oxygens (including phenoxy) is 3. The van der Waals surface area contributed by atoms with Crippen molar-refractivity contribution in [1.82, 2.24) is 0 Å². The molecular formula is C26H40O7. The highest BCUT2D eigenvalue weighted by molar-refractivity contribution is 5.73. The first-order valence-corrected chi connectivity index (χ1v) is 12.6. The summed E-state index contributed by atoms with van der Waals surface area (Å²) in [5.41, 5.74) is 0.997. The number of rotatable bonds is 7. The number of allylic oxidation sites excluding steroid dienone is 1. The van der Waals surface area contributed by atoms with E-state index in [1.54, 1.807) is 0 Å². The number of carbonyl (C=O) groups excluding carboxylic acids is 3. The SMILES string of the molecule is CCC(C)C(=O)OC1CC(C)C=C2C(O)CC(C)C(CCC3CC(OC(C)=O)CC(=O)O3)C21. The number of hydrogen-bond acceptors (Lipinski definition) is 7. The first-order chi connectivity index (χ1) is 15.6. The zero-order valence-electron chi connectivity index (χ0n) is 20.6. The monoisotopic (exact) mass is 464 g/mol. The van der Waals surface area contributed by atoms with Crippen molar-refractivity contribution in [3.63, 3.8) is 0 Å². The van der Waals surface area contributed by atoms with Crippen LogP contribution in [0.1, 0.15) is 79.6 Å². The Balaban J connectivity index is 1.75. The molecule has 186 valence electrons. The molecule has 0 spiro atoms. The minimum absolute atomic E-state index is 0.0310. The minimum Gasteiger partial charge on any atom is -0.462 e. The van der Waals surface area contributed by atoms with Crippen LogP contribution in [0.5, 0.6) is 0 Å². The third kappa shape index (κ3) is 6.37. The Kier molecular flexibility index (Phi) is 8.59. The maximum atomic E-state index is 12.7. The van der Waals surface area contributed by atoms with Crippen LogP contribution in [0.3, 0.4) is 0 Å². The fourth-order valence-corrected chi connectivity index (χ4v) is 5.85. The molecule has 0 aromatic rings. The van der Waals surface area contributed by atoms with Gasteiger partial charge >= 0.3 is 17.9 Å². The van der Waals surface area contributed by atoms with E-state index in [9.17, 15) is 19.5 Å². The summed E-state index contributed by atoms with van der Waals surface area (Å²) in [6.45, 7) is 9.46. The molecular weight excluding hydrogens is 424 g/mol. The van der Waals surface area contributed by atoms with Crippen LogP contribution in [-0.2, 0) is 28.6 Å². The van der Waals surface area contributed by atoms with E-state index in [4.69, 9.17) is 14.2 Å². The van der Waals surface area contributed by atoms with Gasteiger partial charge in [-0.2, -0.15) is 0 Å². The van der Waals surface area contributed by atoms with Crippen molar-refractivity contribution < 1.29 is 33.7 Å². The van der Waals surface area contributed by atoms with Crippen molar-refractivity contribution in [3.05, 3.63) is 11.6 Å². The first kappa shape index (κ1) is 25.7. The smallest absolute Gasteiger partial charge is 0.309 e. The summed E-state index contributed by atoms with van der Waals surface area (Å²) in [4.78, 5) is 36.0. The van der Waals surface area contributed by atoms with E-state index in [1.807, 2.05) is 13.8 Å². The second-order valence-electron chi connectivity index (χ2n) is 10.4. The molecule has 0 aromatic heterocycles. The zero-order chi connectivity index (χ0) is 24.3. The zero-order valence-corrected chi connectivity index (χ0v) is 20.6. The van der Waals surface area contributed by atoms with Crippen LogP contribution in [-0.4, -0.2) is 47.4 Å². The van der Waals surface area contributed by atoms with Gasteiger partial charge in [-0.3, -0.25) is 14.4 Å². The van der Waals surface area contributed by atoms with Crippen molar-refractivity contribution in [2.45, 2.75) is 104 Å². The molecule has 0 bridgehead atoms. The van der Waals surface area contributed by atoms with E-state index < -0.39 is 12.2 Å². The lowest BCUT2D eigenvalue weighted by molar-refractivity contribution is -0.169. The van der Waals surface area contributed by atoms with E-state index in [0.29, 0.717) is 19.3 Å². The fraction of sp³-hybridized carbons (Fsp3) is 0.808. The lowest BCUT2D eigenvalue weighted by Gasteiger charge is -2.47. The summed E-state index contributed by atoms with van der Waals surface area (Å²) in [5, 5.41) is 10.9. The Bertz CT molecular complexity index is 758. The lowest BCUT2D eigenvalue weighted by atomic mass is 9.61. The van der Waals surface area contributed by atoms with Crippen LogP contribution < -0.4 is 0 Å². The third-order valence-corrected chi connectivity index (χ3v) is 7.69. The van der Waals surface area contributed by atoms with Gasteiger partial charge in [-0.1, -0.05) is 33.8 Å². The van der Waals surface area contributed by atoms with Gasteiger partial charge in [-0.15, -0.1) is 0 Å². The number of hydrogen-bond donors (Lipinski definition) is 1. The Morgan fingerprint density at radius 1 is 1.18 bits per heavy atom. The van der Waals surface area contributed by atoms with Crippen LogP contribution in [0.25, 0.3) is 0 Å². The maximum Gasteiger partial charge on any atom is 0.309 e. The normalized spacial score (nSPS) is 37.3. The Morgan fingerprint density at radius 3 is 2.58 bits per heavy atom. The molecule has 1 saturated carbocycles. The average molecular weight is 465 g/mol. The van der Waals surface area contributed by atoms with Gasteiger partial charge in [0.2, 0.25) is 0 Å². The van der Waals surface area contributed by atoms with Gasteiger partial charge in [0.1, 0.15) is 18.3 Å². The molecule has 0 radical (unpaired) electrons. The summed E-state index contributed by atoms with van der Waals surface area (Å²) in [6.07, 6.45) is 4.85. The molecule has 1 heterocycles. The van der Waals surface area contributed by atoms with Crippen LogP contribution in [0.2, 0.25) is 0 Å². The summed E-state index contributed by atoms with van der Waals surface area (Å²) < 4.78 is 16.9. The number of cyclic esters (lactones) is 1. The minimum atomic E-state index is -0.519. The first-order valence-electron chi connectivity index (χ1n) is 12.6. The van der Waals surface area contributed by atoms with Crippen LogP contribution in [0, 0.1) is 29.6 Å². The molecule has 2 aliphatic carbocycles. The van der Waals surface area contributed by atoms with Crippen LogP contribution in [0.4, 0.5) is 0 Å². The fourth-order valence-electron chi connectivity index (χ4n) is 5.85. The highest BCUT2D eigenvalue weighted by Crippen LogP contribution is 2.48. The summed E-state index contributed by atoms with van der Waals surface area (Å²) in [7, 11) is 0. The molecule has 9 unspecified atom stereocenters. The number of fused-ring (bicyclic) bond motifs is 1. The van der Waals surface area contributed by atoms with Crippen molar-refractivity contribution in [2.75, 3.05) is 0 Å². The van der Waals surface area contributed by atoms with Crippen LogP contribution >= 0.6 is 0 Å². The standard InChI is InChI=1S/C26H40O7/c1-6-15(3)26(30)33-23-10-14(2)9-21-22(28)11-16(4)20(25(21)23)8-7-18-12-19(31-17(5)27)13-24(29)32-18/h9,14-16,18-20,22-23,25,28H,6-8,10-13H2,1-5H3. The van der Waals surface area contributed by atoms with E-state index in [-0.39, 0.29) is 66.1 Å². The largest absolute Gasteiger partial charge is 0.462 e. The van der Waals surface area contributed by atoms with Gasteiger partial charge < -0.3 is 19.3 Å². The predicted octanol–water partition coefficient (Wildman–Crippen LogP) is 3.96. The van der Waals surface area contributed by atoms with Crippen molar-refractivity contribution in [3.8, 4) is 0 Å². The third-order valence-electron chi connectivity index (χ3n) is 7.69. The van der Waals surface area contributed by atoms with E-state index in [0.717, 1.165) is 24.8 Å². The van der Waals surface area contributed by atoms with Crippen molar-refractivity contribution >= 4 is 17.9 Å². The number of esters is 3. The Morgan fingerprint density at radius 2 is 1.91 bits per heavy atom. The highest BCUT2D eigenvalue weighted by atomic mass is 16.6. The predicted molar refractivity (Wildman–Crippen MR) is 122 cm³/mol. The quantitative estimate of drug-likeness (QED) is 0.346. The molecule has 3 aliphatic rings. The molecule has 1 aliphatic heterocycles. The topological polar surface area (TPSA) is 99.1 Å². The molecule has 7 heteroatoms. The number of carbonyl (C=O) groups is 3. The van der Waals surface area contributed by atoms with Gasteiger partial charge in [0.15, 0.2) is 0 Å². The summed E-state index contributed by atoms with van der Waals surface area (Å²) in [6, 6.07) is 0. The van der Waals surface area contributed by atoms with E-state index in [2.05, 4.69) is 19.9 Å². The van der Waals surface area contributed by atoms with Gasteiger partial charge in [-0.25, -0.2) is 0 Å². The molecule has 1 saturated heterocycles. The molecule has 0 aromatic carbocycles. The molecule has 9 atom stereocenters. The second kappa shape index (κ2) is 11.0. The van der Waals surface area contributed by atoms with Crippen molar-refractivity contribution in [2.24, 2.45) is 29.6 Å².